The van der Waals surface area contributed by atoms with Crippen LogP contribution in [-0.2, 0) is 17.6 Å². The Hall–Kier alpha value is -1.86. The third-order valence-electron chi connectivity index (χ3n) is 4.01. The van der Waals surface area contributed by atoms with E-state index in [-0.39, 0.29) is 18.9 Å². The number of amides is 1. The van der Waals surface area contributed by atoms with Gasteiger partial charge < -0.3 is 10.4 Å². The Balaban J connectivity index is 2.03. The highest BCUT2D eigenvalue weighted by molar-refractivity contribution is 5.79. The van der Waals surface area contributed by atoms with Crippen LogP contribution in [0, 0.1) is 11.3 Å². The molecular formula is C16H20N2O2. The molecule has 1 fully saturated rings. The molecule has 0 radical (unpaired) electrons. The molecule has 0 bridgehead atoms. The predicted molar refractivity (Wildman–Crippen MR) is 75.9 cm³/mol. The lowest BCUT2D eigenvalue weighted by atomic mass is 9.97. The zero-order valence-electron chi connectivity index (χ0n) is 11.6. The summed E-state index contributed by atoms with van der Waals surface area (Å²) >= 11 is 0. The number of hydrogen-bond donors (Lipinski definition) is 2. The standard InChI is InChI=1S/C16H20N2O2/c17-10-7-13-5-1-2-6-14(13)11-15(20)18-16(12-19)8-3-4-9-16/h1-2,5-6,19H,3-4,7-9,11-12H2,(H,18,20). The van der Waals surface area contributed by atoms with Gasteiger partial charge in [-0.15, -0.1) is 0 Å². The molecule has 1 aromatic rings. The number of benzene rings is 1. The van der Waals surface area contributed by atoms with E-state index in [0.717, 1.165) is 36.8 Å². The van der Waals surface area contributed by atoms with Crippen molar-refractivity contribution in [2.75, 3.05) is 6.61 Å². The maximum atomic E-state index is 12.2. The fourth-order valence-electron chi connectivity index (χ4n) is 2.87. The van der Waals surface area contributed by atoms with Crippen LogP contribution < -0.4 is 5.32 Å². The number of hydrogen-bond acceptors (Lipinski definition) is 3. The van der Waals surface area contributed by atoms with Gasteiger partial charge in [-0.3, -0.25) is 4.79 Å². The fourth-order valence-corrected chi connectivity index (χ4v) is 2.87. The van der Waals surface area contributed by atoms with E-state index in [1.165, 1.54) is 0 Å². The SMILES string of the molecule is N#CCc1ccccc1CC(=O)NC1(CO)CCCC1. The first-order valence-electron chi connectivity index (χ1n) is 7.05. The van der Waals surface area contributed by atoms with Gasteiger partial charge >= 0.3 is 0 Å². The highest BCUT2D eigenvalue weighted by Gasteiger charge is 2.34. The number of carbonyl (C=O) groups excluding carboxylic acids is 1. The molecule has 0 atom stereocenters. The summed E-state index contributed by atoms with van der Waals surface area (Å²) in [5, 5.41) is 21.3. The fraction of sp³-hybridized carbons (Fsp3) is 0.500. The molecule has 4 nitrogen and oxygen atoms in total. The number of aliphatic hydroxyl groups excluding tert-OH is 1. The van der Waals surface area contributed by atoms with Crippen molar-refractivity contribution in [2.24, 2.45) is 0 Å². The van der Waals surface area contributed by atoms with E-state index in [9.17, 15) is 9.90 Å². The van der Waals surface area contributed by atoms with Crippen LogP contribution in [0.15, 0.2) is 24.3 Å². The summed E-state index contributed by atoms with van der Waals surface area (Å²) in [5.74, 6) is -0.0775. The topological polar surface area (TPSA) is 73.1 Å². The Morgan fingerprint density at radius 2 is 1.95 bits per heavy atom. The minimum atomic E-state index is -0.429. The Bertz CT molecular complexity index is 513. The molecule has 0 aliphatic heterocycles. The van der Waals surface area contributed by atoms with Crippen LogP contribution in [0.2, 0.25) is 0 Å². The van der Waals surface area contributed by atoms with E-state index in [1.807, 2.05) is 24.3 Å². The van der Waals surface area contributed by atoms with Gasteiger partial charge in [0.25, 0.3) is 0 Å². The monoisotopic (exact) mass is 272 g/mol. The van der Waals surface area contributed by atoms with Crippen molar-refractivity contribution in [3.8, 4) is 6.07 Å². The van der Waals surface area contributed by atoms with E-state index in [1.54, 1.807) is 0 Å². The molecular weight excluding hydrogens is 252 g/mol. The zero-order chi connectivity index (χ0) is 14.4. The van der Waals surface area contributed by atoms with Crippen molar-refractivity contribution >= 4 is 5.91 Å². The molecule has 2 rings (SSSR count). The van der Waals surface area contributed by atoms with E-state index in [4.69, 9.17) is 5.26 Å². The van der Waals surface area contributed by atoms with Gasteiger partial charge in [0, 0.05) is 0 Å². The lowest BCUT2D eigenvalue weighted by Gasteiger charge is -2.28. The van der Waals surface area contributed by atoms with Gasteiger partial charge in [-0.2, -0.15) is 5.26 Å². The van der Waals surface area contributed by atoms with Crippen molar-refractivity contribution < 1.29 is 9.90 Å². The summed E-state index contributed by atoms with van der Waals surface area (Å²) in [6.45, 7) is -0.00141. The molecule has 106 valence electrons. The molecule has 20 heavy (non-hydrogen) atoms. The molecule has 0 saturated heterocycles. The minimum Gasteiger partial charge on any atom is -0.394 e. The molecule has 0 heterocycles. The highest BCUT2D eigenvalue weighted by atomic mass is 16.3. The molecule has 1 saturated carbocycles. The van der Waals surface area contributed by atoms with Crippen LogP contribution in [0.3, 0.4) is 0 Å². The maximum Gasteiger partial charge on any atom is 0.224 e. The van der Waals surface area contributed by atoms with E-state index in [2.05, 4.69) is 11.4 Å². The van der Waals surface area contributed by atoms with Crippen molar-refractivity contribution in [3.63, 3.8) is 0 Å². The van der Waals surface area contributed by atoms with Crippen LogP contribution in [0.4, 0.5) is 0 Å². The molecule has 1 aliphatic carbocycles. The van der Waals surface area contributed by atoms with Gasteiger partial charge in [0.1, 0.15) is 0 Å². The molecule has 2 N–H and O–H groups in total. The second-order valence-corrected chi connectivity index (χ2v) is 5.47. The van der Waals surface area contributed by atoms with Crippen LogP contribution >= 0.6 is 0 Å². The maximum absolute atomic E-state index is 12.2. The molecule has 1 aromatic carbocycles. The third kappa shape index (κ3) is 3.37. The Labute approximate surface area is 119 Å². The van der Waals surface area contributed by atoms with Crippen LogP contribution in [0.25, 0.3) is 0 Å². The van der Waals surface area contributed by atoms with Crippen LogP contribution in [0.1, 0.15) is 36.8 Å². The van der Waals surface area contributed by atoms with Gasteiger partial charge in [-0.25, -0.2) is 0 Å². The largest absolute Gasteiger partial charge is 0.394 e. The number of nitrogens with zero attached hydrogens (tertiary/aromatic N) is 1. The zero-order valence-corrected chi connectivity index (χ0v) is 11.6. The Morgan fingerprint density at radius 3 is 2.55 bits per heavy atom. The van der Waals surface area contributed by atoms with Crippen LogP contribution in [-0.4, -0.2) is 23.2 Å². The number of carbonyl (C=O) groups is 1. The average molecular weight is 272 g/mol. The summed E-state index contributed by atoms with van der Waals surface area (Å²) in [6.07, 6.45) is 4.36. The average Bonchev–Trinajstić information content (AvgIpc) is 2.90. The van der Waals surface area contributed by atoms with Gasteiger partial charge in [0.2, 0.25) is 5.91 Å². The quantitative estimate of drug-likeness (QED) is 0.857. The lowest BCUT2D eigenvalue weighted by Crippen LogP contribution is -2.49. The van der Waals surface area contributed by atoms with Gasteiger partial charge in [0.05, 0.1) is 31.1 Å². The first kappa shape index (κ1) is 14.5. The van der Waals surface area contributed by atoms with Gasteiger partial charge in [-0.1, -0.05) is 37.1 Å². The van der Waals surface area contributed by atoms with Crippen molar-refractivity contribution in [2.45, 2.75) is 44.1 Å². The molecule has 1 aliphatic rings. The Kier molecular flexibility index (Phi) is 4.75. The molecule has 0 spiro atoms. The molecule has 0 aromatic heterocycles. The first-order valence-corrected chi connectivity index (χ1v) is 7.05. The summed E-state index contributed by atoms with van der Waals surface area (Å²) < 4.78 is 0. The summed E-state index contributed by atoms with van der Waals surface area (Å²) in [5.41, 5.74) is 1.36. The highest BCUT2D eigenvalue weighted by Crippen LogP contribution is 2.29. The summed E-state index contributed by atoms with van der Waals surface area (Å²) in [7, 11) is 0. The number of nitrogens with one attached hydrogen (secondary N) is 1. The van der Waals surface area contributed by atoms with E-state index >= 15 is 0 Å². The second-order valence-electron chi connectivity index (χ2n) is 5.47. The first-order chi connectivity index (χ1) is 9.69. The second kappa shape index (κ2) is 6.53. The summed E-state index contributed by atoms with van der Waals surface area (Å²) in [4.78, 5) is 12.2. The van der Waals surface area contributed by atoms with Gasteiger partial charge in [0.15, 0.2) is 0 Å². The van der Waals surface area contributed by atoms with Crippen molar-refractivity contribution in [1.82, 2.24) is 5.32 Å². The minimum absolute atomic E-state index is 0.00141. The molecule has 0 unspecified atom stereocenters. The van der Waals surface area contributed by atoms with Gasteiger partial charge in [-0.05, 0) is 24.0 Å². The van der Waals surface area contributed by atoms with Crippen molar-refractivity contribution in [1.29, 1.82) is 5.26 Å². The third-order valence-corrected chi connectivity index (χ3v) is 4.01. The number of rotatable bonds is 5. The number of aliphatic hydroxyl groups is 1. The van der Waals surface area contributed by atoms with Crippen LogP contribution in [0.5, 0.6) is 0 Å². The smallest absolute Gasteiger partial charge is 0.224 e. The van der Waals surface area contributed by atoms with Crippen molar-refractivity contribution in [3.05, 3.63) is 35.4 Å². The molecule has 1 amide bonds. The normalized spacial score (nSPS) is 16.6. The predicted octanol–water partition coefficient (Wildman–Crippen LogP) is 1.72. The van der Waals surface area contributed by atoms with E-state index < -0.39 is 5.54 Å². The van der Waals surface area contributed by atoms with E-state index in [0.29, 0.717) is 6.42 Å². The molecule has 4 heteroatoms. The summed E-state index contributed by atoms with van der Waals surface area (Å²) in [6, 6.07) is 9.63. The number of nitriles is 1. The Morgan fingerprint density at radius 1 is 1.30 bits per heavy atom. The lowest BCUT2D eigenvalue weighted by molar-refractivity contribution is -0.122.